The van der Waals surface area contributed by atoms with Gasteiger partial charge in [-0.25, -0.2) is 4.98 Å². The Morgan fingerprint density at radius 1 is 1.09 bits per heavy atom. The van der Waals surface area contributed by atoms with Gasteiger partial charge in [-0.2, -0.15) is 10.5 Å². The number of hydrogen-bond acceptors (Lipinski definition) is 3. The van der Waals surface area contributed by atoms with Gasteiger partial charge < -0.3 is 0 Å². The van der Waals surface area contributed by atoms with Crippen LogP contribution in [0.1, 0.15) is 34.9 Å². The van der Waals surface area contributed by atoms with Crippen molar-refractivity contribution in [2.24, 2.45) is 0 Å². The highest BCUT2D eigenvalue weighted by Crippen LogP contribution is 2.42. The molecular weight excluding hydrogens is 284 g/mol. The van der Waals surface area contributed by atoms with Gasteiger partial charge in [0.2, 0.25) is 0 Å². The number of nitrogens with two attached hydrogens (primary N) is 1. The van der Waals surface area contributed by atoms with Crippen LogP contribution < -0.4 is 10.7 Å². The maximum Gasteiger partial charge on any atom is 0.289 e. The predicted molar refractivity (Wildman–Crippen MR) is 89.4 cm³/mol. The molecule has 23 heavy (non-hydrogen) atoms. The second-order valence-electron chi connectivity index (χ2n) is 5.48. The molecule has 0 aliphatic heterocycles. The molecule has 0 fully saturated rings. The lowest BCUT2D eigenvalue weighted by atomic mass is 9.95. The molecule has 0 saturated carbocycles. The van der Waals surface area contributed by atoms with Crippen LogP contribution in [0.25, 0.3) is 17.2 Å². The number of benzene rings is 1. The molecule has 4 nitrogen and oxygen atoms in total. The lowest BCUT2D eigenvalue weighted by molar-refractivity contribution is -0.364. The van der Waals surface area contributed by atoms with Gasteiger partial charge >= 0.3 is 0 Å². The van der Waals surface area contributed by atoms with Crippen molar-refractivity contribution in [3.8, 4) is 12.1 Å². The summed E-state index contributed by atoms with van der Waals surface area (Å²) in [5, 5.41) is 18.9. The SMILES string of the molecule is CC1=C(C#N)c2[nH+]c(N)c(C#N)c(C)c2/C1=C/c1ccccc1. The number of nitrogens with zero attached hydrogens (tertiary/aromatic N) is 2. The predicted octanol–water partition coefficient (Wildman–Crippen LogP) is 3.11. The third kappa shape index (κ3) is 2.18. The van der Waals surface area contributed by atoms with E-state index in [1.54, 1.807) is 0 Å². The Bertz CT molecular complexity index is 952. The minimum Gasteiger partial charge on any atom is -0.286 e. The Hall–Kier alpha value is -3.37. The first-order valence-electron chi connectivity index (χ1n) is 7.22. The number of aromatic nitrogens is 1. The molecule has 3 N–H and O–H groups in total. The van der Waals surface area contributed by atoms with Gasteiger partial charge in [-0.15, -0.1) is 0 Å². The van der Waals surface area contributed by atoms with Crippen molar-refractivity contribution in [1.29, 1.82) is 10.5 Å². The summed E-state index contributed by atoms with van der Waals surface area (Å²) in [6.45, 7) is 3.79. The molecule has 0 radical (unpaired) electrons. The van der Waals surface area contributed by atoms with Gasteiger partial charge in [0.25, 0.3) is 5.82 Å². The van der Waals surface area contributed by atoms with Crippen molar-refractivity contribution >= 4 is 23.0 Å². The van der Waals surface area contributed by atoms with Gasteiger partial charge in [-0.1, -0.05) is 30.3 Å². The summed E-state index contributed by atoms with van der Waals surface area (Å²) in [5.74, 6) is 0.297. The summed E-state index contributed by atoms with van der Waals surface area (Å²) < 4.78 is 0. The van der Waals surface area contributed by atoms with Crippen LogP contribution in [0.4, 0.5) is 5.82 Å². The van der Waals surface area contributed by atoms with Crippen LogP contribution >= 0.6 is 0 Å². The molecule has 1 aromatic heterocycles. The molecule has 1 aliphatic rings. The van der Waals surface area contributed by atoms with Gasteiger partial charge in [0.1, 0.15) is 23.3 Å². The maximum atomic E-state index is 9.51. The fourth-order valence-electron chi connectivity index (χ4n) is 2.99. The van der Waals surface area contributed by atoms with Crippen molar-refractivity contribution in [1.82, 2.24) is 0 Å². The number of anilines is 1. The summed E-state index contributed by atoms with van der Waals surface area (Å²) >= 11 is 0. The lowest BCUT2D eigenvalue weighted by Crippen LogP contribution is -2.20. The molecule has 1 heterocycles. The lowest BCUT2D eigenvalue weighted by Gasteiger charge is -2.08. The number of nitrogens with one attached hydrogen (secondary N) is 1. The fourth-order valence-corrected chi connectivity index (χ4v) is 2.99. The number of aromatic amines is 1. The van der Waals surface area contributed by atoms with E-state index in [1.165, 1.54) is 0 Å². The number of nitrogen functional groups attached to an aromatic ring is 1. The first kappa shape index (κ1) is 14.6. The molecule has 110 valence electrons. The van der Waals surface area contributed by atoms with Crippen LogP contribution in [0.5, 0.6) is 0 Å². The van der Waals surface area contributed by atoms with Gasteiger partial charge in [0.15, 0.2) is 5.69 Å². The van der Waals surface area contributed by atoms with Gasteiger partial charge in [0.05, 0.1) is 0 Å². The molecule has 0 spiro atoms. The van der Waals surface area contributed by atoms with Crippen LogP contribution in [0.3, 0.4) is 0 Å². The van der Waals surface area contributed by atoms with Crippen molar-refractivity contribution in [2.75, 3.05) is 5.73 Å². The third-order valence-corrected chi connectivity index (χ3v) is 4.16. The number of pyridine rings is 1. The Kier molecular flexibility index (Phi) is 3.44. The fraction of sp³-hybridized carbons (Fsp3) is 0.105. The molecule has 0 atom stereocenters. The minimum absolute atomic E-state index is 0.297. The number of rotatable bonds is 1. The van der Waals surface area contributed by atoms with Crippen LogP contribution in [0.2, 0.25) is 0 Å². The van der Waals surface area contributed by atoms with E-state index < -0.39 is 0 Å². The zero-order valence-corrected chi connectivity index (χ0v) is 12.9. The topological polar surface area (TPSA) is 87.7 Å². The quantitative estimate of drug-likeness (QED) is 0.877. The molecule has 1 aromatic carbocycles. The van der Waals surface area contributed by atoms with E-state index in [-0.39, 0.29) is 0 Å². The Morgan fingerprint density at radius 3 is 2.39 bits per heavy atom. The molecule has 1 aliphatic carbocycles. The average molecular weight is 299 g/mol. The van der Waals surface area contributed by atoms with Gasteiger partial charge in [0, 0.05) is 5.56 Å². The summed E-state index contributed by atoms with van der Waals surface area (Å²) in [4.78, 5) is 3.03. The molecule has 0 amide bonds. The van der Waals surface area contributed by atoms with Crippen molar-refractivity contribution in [2.45, 2.75) is 13.8 Å². The van der Waals surface area contributed by atoms with E-state index in [1.807, 2.05) is 50.3 Å². The van der Waals surface area contributed by atoms with E-state index in [0.29, 0.717) is 22.6 Å². The van der Waals surface area contributed by atoms with Crippen molar-refractivity contribution in [3.63, 3.8) is 0 Å². The first-order chi connectivity index (χ1) is 11.1. The van der Waals surface area contributed by atoms with E-state index in [2.05, 4.69) is 17.1 Å². The number of hydrogen-bond donors (Lipinski definition) is 1. The average Bonchev–Trinajstić information content (AvgIpc) is 2.80. The van der Waals surface area contributed by atoms with E-state index in [4.69, 9.17) is 5.73 Å². The molecular formula is C19H15N4+. The van der Waals surface area contributed by atoms with Gasteiger partial charge in [-0.3, -0.25) is 5.73 Å². The van der Waals surface area contributed by atoms with E-state index in [9.17, 15) is 10.5 Å². The zero-order chi connectivity index (χ0) is 16.6. The molecule has 0 saturated heterocycles. The smallest absolute Gasteiger partial charge is 0.286 e. The van der Waals surface area contributed by atoms with Crippen LogP contribution in [-0.2, 0) is 0 Å². The molecule has 0 unspecified atom stereocenters. The minimum atomic E-state index is 0.297. The summed E-state index contributed by atoms with van der Waals surface area (Å²) in [5.41, 5.74) is 12.2. The van der Waals surface area contributed by atoms with Crippen molar-refractivity contribution < 1.29 is 4.98 Å². The normalized spacial score (nSPS) is 14.5. The van der Waals surface area contributed by atoms with Gasteiger partial charge in [-0.05, 0) is 42.2 Å². The van der Waals surface area contributed by atoms with Crippen LogP contribution in [0, 0.1) is 29.6 Å². The molecule has 3 rings (SSSR count). The molecule has 2 aromatic rings. The summed E-state index contributed by atoms with van der Waals surface area (Å²) in [7, 11) is 0. The highest BCUT2D eigenvalue weighted by Gasteiger charge is 2.31. The van der Waals surface area contributed by atoms with Crippen LogP contribution in [-0.4, -0.2) is 0 Å². The summed E-state index contributed by atoms with van der Waals surface area (Å²) in [6, 6.07) is 14.3. The second kappa shape index (κ2) is 5.44. The van der Waals surface area contributed by atoms with E-state index >= 15 is 0 Å². The Balaban J connectivity index is 2.35. The maximum absolute atomic E-state index is 9.51. The number of fused-ring (bicyclic) bond motifs is 1. The van der Waals surface area contributed by atoms with Crippen molar-refractivity contribution in [3.05, 3.63) is 63.9 Å². The van der Waals surface area contributed by atoms with Crippen LogP contribution in [0.15, 0.2) is 35.9 Å². The number of H-pyrrole nitrogens is 1. The monoisotopic (exact) mass is 299 g/mol. The largest absolute Gasteiger partial charge is 0.289 e. The number of allylic oxidation sites excluding steroid dienone is 3. The van der Waals surface area contributed by atoms with E-state index in [0.717, 1.165) is 27.8 Å². The first-order valence-corrected chi connectivity index (χ1v) is 7.22. The molecule has 4 heteroatoms. The highest BCUT2D eigenvalue weighted by atomic mass is 14.9. The third-order valence-electron chi connectivity index (χ3n) is 4.16. The zero-order valence-electron chi connectivity index (χ0n) is 12.9. The second-order valence-corrected chi connectivity index (χ2v) is 5.48. The number of nitriles is 2. The standard InChI is InChI=1S/C19H14N4/c1-11-14(8-13-6-4-3-5-7-13)17-12(2)16(10-21)19(22)23-18(17)15(11)9-20/h3-8H,1-2H3,(H2,22,23)/p+1/b14-8+. The summed E-state index contributed by atoms with van der Waals surface area (Å²) in [6.07, 6.45) is 2.04. The Morgan fingerprint density at radius 2 is 1.78 bits per heavy atom. The Labute approximate surface area is 134 Å². The highest BCUT2D eigenvalue weighted by molar-refractivity contribution is 6.07. The molecule has 0 bridgehead atoms.